The zero-order chi connectivity index (χ0) is 18.7. The zero-order valence-corrected chi connectivity index (χ0v) is 16.1. The van der Waals surface area contributed by atoms with Crippen molar-refractivity contribution in [2.45, 2.75) is 11.3 Å². The molecule has 0 amide bonds. The highest BCUT2D eigenvalue weighted by Gasteiger charge is 2.14. The van der Waals surface area contributed by atoms with Crippen molar-refractivity contribution in [1.82, 2.24) is 9.71 Å². The van der Waals surface area contributed by atoms with Gasteiger partial charge in [-0.2, -0.15) is 0 Å². The summed E-state index contributed by atoms with van der Waals surface area (Å²) in [6, 6.07) is 22.9. The van der Waals surface area contributed by atoms with Gasteiger partial charge < -0.3 is 0 Å². The van der Waals surface area contributed by atoms with Gasteiger partial charge >= 0.3 is 0 Å². The van der Waals surface area contributed by atoms with E-state index in [4.69, 9.17) is 0 Å². The van der Waals surface area contributed by atoms with Crippen LogP contribution in [-0.4, -0.2) is 19.9 Å². The van der Waals surface area contributed by atoms with Crippen molar-refractivity contribution >= 4 is 32.1 Å². The van der Waals surface area contributed by atoms with E-state index in [0.29, 0.717) is 13.0 Å². The Kier molecular flexibility index (Phi) is 5.03. The first-order chi connectivity index (χ1) is 13.1. The van der Waals surface area contributed by atoms with Crippen LogP contribution in [0.1, 0.15) is 5.69 Å². The summed E-state index contributed by atoms with van der Waals surface area (Å²) < 4.78 is 27.8. The average Bonchev–Trinajstić information content (AvgIpc) is 3.17. The second-order valence-corrected chi connectivity index (χ2v) is 8.79. The third-order valence-electron chi connectivity index (χ3n) is 4.28. The molecular formula is C21H18N2O2S2. The van der Waals surface area contributed by atoms with Gasteiger partial charge in [-0.1, -0.05) is 60.7 Å². The van der Waals surface area contributed by atoms with E-state index in [-0.39, 0.29) is 4.90 Å². The molecule has 1 heterocycles. The fourth-order valence-electron chi connectivity index (χ4n) is 2.87. The minimum Gasteiger partial charge on any atom is -0.241 e. The number of fused-ring (bicyclic) bond motifs is 1. The Morgan fingerprint density at radius 2 is 1.63 bits per heavy atom. The lowest BCUT2D eigenvalue weighted by Crippen LogP contribution is -2.26. The van der Waals surface area contributed by atoms with Gasteiger partial charge in [0, 0.05) is 23.9 Å². The molecule has 6 heteroatoms. The molecule has 0 spiro atoms. The zero-order valence-electron chi connectivity index (χ0n) is 14.5. The van der Waals surface area contributed by atoms with Crippen LogP contribution in [0.4, 0.5) is 0 Å². The average molecular weight is 395 g/mol. The fraction of sp³-hybridized carbons (Fsp3) is 0.0952. The number of aromatic nitrogens is 1. The van der Waals surface area contributed by atoms with Crippen LogP contribution in [0.5, 0.6) is 0 Å². The van der Waals surface area contributed by atoms with E-state index in [1.807, 2.05) is 66.0 Å². The Hall–Kier alpha value is -2.54. The van der Waals surface area contributed by atoms with E-state index in [1.54, 1.807) is 23.5 Å². The quantitative estimate of drug-likeness (QED) is 0.524. The number of thiazole rings is 1. The molecule has 27 heavy (non-hydrogen) atoms. The summed E-state index contributed by atoms with van der Waals surface area (Å²) in [6.45, 7) is 0.313. The molecule has 136 valence electrons. The van der Waals surface area contributed by atoms with Gasteiger partial charge in [-0.25, -0.2) is 18.1 Å². The minimum atomic E-state index is -3.54. The summed E-state index contributed by atoms with van der Waals surface area (Å²) in [5.74, 6) is 0. The number of nitrogens with one attached hydrogen (secondary N) is 1. The van der Waals surface area contributed by atoms with Gasteiger partial charge in [0.2, 0.25) is 10.0 Å². The Labute approximate surface area is 162 Å². The number of sulfonamides is 1. The molecule has 0 atom stereocenters. The highest BCUT2D eigenvalue weighted by molar-refractivity contribution is 7.89. The Morgan fingerprint density at radius 1 is 0.889 bits per heavy atom. The maximum absolute atomic E-state index is 12.6. The summed E-state index contributed by atoms with van der Waals surface area (Å²) in [5.41, 5.74) is 1.96. The maximum Gasteiger partial charge on any atom is 0.240 e. The van der Waals surface area contributed by atoms with E-state index in [1.165, 1.54) is 0 Å². The van der Waals surface area contributed by atoms with E-state index in [9.17, 15) is 8.42 Å². The molecule has 3 aromatic carbocycles. The summed E-state index contributed by atoms with van der Waals surface area (Å²) in [6.07, 6.45) is 0.552. The third kappa shape index (κ3) is 4.08. The largest absolute Gasteiger partial charge is 0.241 e. The predicted octanol–water partition coefficient (Wildman–Crippen LogP) is 4.48. The molecule has 1 aromatic heterocycles. The SMILES string of the molecule is O=S(=O)(NCCc1csc(-c2ccccc2)n1)c1ccc2ccccc2c1. The van der Waals surface area contributed by atoms with Gasteiger partial charge in [-0.05, 0) is 22.9 Å². The lowest BCUT2D eigenvalue weighted by Gasteiger charge is -2.07. The standard InChI is InChI=1S/C21H18N2O2S2/c24-27(25,20-11-10-16-6-4-5-9-18(16)14-20)22-13-12-19-15-26-21(23-19)17-7-2-1-3-8-17/h1-11,14-15,22H,12-13H2. The summed E-state index contributed by atoms with van der Waals surface area (Å²) in [4.78, 5) is 4.88. The molecule has 4 rings (SSSR count). The highest BCUT2D eigenvalue weighted by Crippen LogP contribution is 2.23. The topological polar surface area (TPSA) is 59.1 Å². The van der Waals surface area contributed by atoms with Crippen molar-refractivity contribution in [2.24, 2.45) is 0 Å². The molecule has 0 saturated heterocycles. The van der Waals surface area contributed by atoms with Crippen LogP contribution >= 0.6 is 11.3 Å². The molecule has 0 aliphatic carbocycles. The number of nitrogens with zero attached hydrogens (tertiary/aromatic N) is 1. The second kappa shape index (κ2) is 7.60. The molecule has 0 aliphatic rings. The number of rotatable bonds is 6. The molecule has 0 saturated carbocycles. The molecule has 4 aromatic rings. The first kappa shape index (κ1) is 17.9. The lowest BCUT2D eigenvalue weighted by molar-refractivity contribution is 0.581. The van der Waals surface area contributed by atoms with E-state index in [0.717, 1.165) is 27.0 Å². The van der Waals surface area contributed by atoms with E-state index >= 15 is 0 Å². The van der Waals surface area contributed by atoms with Crippen LogP contribution in [0.15, 0.2) is 83.1 Å². The molecule has 0 bridgehead atoms. The van der Waals surface area contributed by atoms with E-state index in [2.05, 4.69) is 9.71 Å². The third-order valence-corrected chi connectivity index (χ3v) is 6.68. The number of hydrogen-bond acceptors (Lipinski definition) is 4. The summed E-state index contributed by atoms with van der Waals surface area (Å²) >= 11 is 1.57. The first-order valence-electron chi connectivity index (χ1n) is 8.60. The normalized spacial score (nSPS) is 11.7. The minimum absolute atomic E-state index is 0.282. The first-order valence-corrected chi connectivity index (χ1v) is 11.0. The molecule has 1 N–H and O–H groups in total. The van der Waals surface area contributed by atoms with Crippen LogP contribution in [0.25, 0.3) is 21.3 Å². The number of benzene rings is 3. The van der Waals surface area contributed by atoms with Gasteiger partial charge in [0.05, 0.1) is 10.6 Å². The molecule has 0 fully saturated rings. The Bertz CT molecular complexity index is 1170. The van der Waals surface area contributed by atoms with Crippen molar-refractivity contribution in [3.05, 3.63) is 83.9 Å². The Morgan fingerprint density at radius 3 is 2.44 bits per heavy atom. The smallest absolute Gasteiger partial charge is 0.240 e. The van der Waals surface area contributed by atoms with Gasteiger partial charge in [0.15, 0.2) is 0 Å². The van der Waals surface area contributed by atoms with Gasteiger partial charge in [-0.15, -0.1) is 11.3 Å². The van der Waals surface area contributed by atoms with Crippen LogP contribution in [-0.2, 0) is 16.4 Å². The summed E-state index contributed by atoms with van der Waals surface area (Å²) in [5, 5.41) is 4.86. The van der Waals surface area contributed by atoms with Crippen molar-refractivity contribution in [3.8, 4) is 10.6 Å². The van der Waals surface area contributed by atoms with E-state index < -0.39 is 10.0 Å². The van der Waals surface area contributed by atoms with Crippen LogP contribution in [0, 0.1) is 0 Å². The molecular weight excluding hydrogens is 376 g/mol. The fourth-order valence-corrected chi connectivity index (χ4v) is 4.79. The van der Waals surface area contributed by atoms with Crippen LogP contribution < -0.4 is 4.72 Å². The summed E-state index contributed by atoms with van der Waals surface area (Å²) in [7, 11) is -3.54. The molecule has 0 unspecified atom stereocenters. The molecule has 0 radical (unpaired) electrons. The van der Waals surface area contributed by atoms with Gasteiger partial charge in [-0.3, -0.25) is 0 Å². The second-order valence-electron chi connectivity index (χ2n) is 6.17. The van der Waals surface area contributed by atoms with Crippen molar-refractivity contribution < 1.29 is 8.42 Å². The van der Waals surface area contributed by atoms with Gasteiger partial charge in [0.25, 0.3) is 0 Å². The molecule has 4 nitrogen and oxygen atoms in total. The highest BCUT2D eigenvalue weighted by atomic mass is 32.2. The van der Waals surface area contributed by atoms with Crippen molar-refractivity contribution in [1.29, 1.82) is 0 Å². The molecule has 0 aliphatic heterocycles. The maximum atomic E-state index is 12.6. The van der Waals surface area contributed by atoms with Crippen molar-refractivity contribution in [2.75, 3.05) is 6.54 Å². The monoisotopic (exact) mass is 394 g/mol. The lowest BCUT2D eigenvalue weighted by atomic mass is 10.1. The predicted molar refractivity (Wildman–Crippen MR) is 110 cm³/mol. The number of hydrogen-bond donors (Lipinski definition) is 1. The van der Waals surface area contributed by atoms with Crippen molar-refractivity contribution in [3.63, 3.8) is 0 Å². The Balaban J connectivity index is 1.42. The van der Waals surface area contributed by atoms with Gasteiger partial charge in [0.1, 0.15) is 5.01 Å². The van der Waals surface area contributed by atoms with Crippen LogP contribution in [0.2, 0.25) is 0 Å². The van der Waals surface area contributed by atoms with Crippen LogP contribution in [0.3, 0.4) is 0 Å².